The van der Waals surface area contributed by atoms with Crippen LogP contribution < -0.4 is 5.73 Å². The maximum atomic E-state index is 6.41. The quantitative estimate of drug-likeness (QED) is 0.632. The SMILES string of the molecule is CCC1CCCCCC1(N)CC. The van der Waals surface area contributed by atoms with E-state index in [2.05, 4.69) is 13.8 Å². The zero-order chi connectivity index (χ0) is 9.03. The van der Waals surface area contributed by atoms with Crippen LogP contribution in [0, 0.1) is 5.92 Å². The molecule has 2 N–H and O–H groups in total. The largest absolute Gasteiger partial charge is 0.325 e. The standard InChI is InChI=1S/C11H23N/c1-3-10-8-6-5-7-9-11(10,12)4-2/h10H,3-9,12H2,1-2H3. The average Bonchev–Trinajstić information content (AvgIpc) is 2.28. The second-order valence-corrected chi connectivity index (χ2v) is 4.29. The van der Waals surface area contributed by atoms with E-state index in [0.29, 0.717) is 0 Å². The molecule has 1 saturated carbocycles. The third kappa shape index (κ3) is 2.01. The Hall–Kier alpha value is -0.0400. The van der Waals surface area contributed by atoms with Gasteiger partial charge in [-0.05, 0) is 25.2 Å². The Morgan fingerprint density at radius 1 is 1.25 bits per heavy atom. The van der Waals surface area contributed by atoms with Gasteiger partial charge < -0.3 is 5.73 Å². The van der Waals surface area contributed by atoms with Crippen LogP contribution in [-0.2, 0) is 0 Å². The Morgan fingerprint density at radius 3 is 2.58 bits per heavy atom. The molecular weight excluding hydrogens is 146 g/mol. The molecule has 0 radical (unpaired) electrons. The minimum Gasteiger partial charge on any atom is -0.325 e. The van der Waals surface area contributed by atoms with Gasteiger partial charge in [-0.1, -0.05) is 39.5 Å². The number of nitrogens with two attached hydrogens (primary N) is 1. The third-order valence-corrected chi connectivity index (χ3v) is 3.66. The predicted molar refractivity (Wildman–Crippen MR) is 54.1 cm³/mol. The molecule has 12 heavy (non-hydrogen) atoms. The molecular formula is C11H23N. The van der Waals surface area contributed by atoms with Crippen molar-refractivity contribution >= 4 is 0 Å². The summed E-state index contributed by atoms with van der Waals surface area (Å²) in [6, 6.07) is 0. The van der Waals surface area contributed by atoms with Gasteiger partial charge in [-0.15, -0.1) is 0 Å². The van der Waals surface area contributed by atoms with Crippen molar-refractivity contribution in [2.24, 2.45) is 11.7 Å². The van der Waals surface area contributed by atoms with Crippen molar-refractivity contribution in [2.45, 2.75) is 64.3 Å². The van der Waals surface area contributed by atoms with E-state index in [-0.39, 0.29) is 5.54 Å². The Kier molecular flexibility index (Phi) is 3.57. The fraction of sp³-hybridized carbons (Fsp3) is 1.00. The second-order valence-electron chi connectivity index (χ2n) is 4.29. The Labute approximate surface area is 76.7 Å². The summed E-state index contributed by atoms with van der Waals surface area (Å²) in [6.07, 6.45) is 9.19. The molecule has 0 aromatic rings. The predicted octanol–water partition coefficient (Wildman–Crippen LogP) is 3.08. The van der Waals surface area contributed by atoms with Gasteiger partial charge in [0.15, 0.2) is 0 Å². The molecule has 0 saturated heterocycles. The van der Waals surface area contributed by atoms with Crippen molar-refractivity contribution in [3.63, 3.8) is 0 Å². The zero-order valence-electron chi connectivity index (χ0n) is 8.60. The van der Waals surface area contributed by atoms with E-state index in [1.54, 1.807) is 0 Å². The average molecular weight is 169 g/mol. The highest BCUT2D eigenvalue weighted by Crippen LogP contribution is 2.34. The first-order valence-electron chi connectivity index (χ1n) is 5.52. The molecule has 0 spiro atoms. The first kappa shape index (κ1) is 10.0. The molecule has 0 aliphatic heterocycles. The van der Waals surface area contributed by atoms with Crippen LogP contribution in [0.2, 0.25) is 0 Å². The van der Waals surface area contributed by atoms with Crippen LogP contribution in [0.5, 0.6) is 0 Å². The van der Waals surface area contributed by atoms with Crippen molar-refractivity contribution in [3.8, 4) is 0 Å². The second kappa shape index (κ2) is 4.27. The van der Waals surface area contributed by atoms with Gasteiger partial charge in [0.05, 0.1) is 0 Å². The third-order valence-electron chi connectivity index (χ3n) is 3.66. The molecule has 1 heteroatoms. The Bertz CT molecular complexity index is 133. The van der Waals surface area contributed by atoms with E-state index >= 15 is 0 Å². The summed E-state index contributed by atoms with van der Waals surface area (Å²) in [4.78, 5) is 0. The van der Waals surface area contributed by atoms with Gasteiger partial charge >= 0.3 is 0 Å². The van der Waals surface area contributed by atoms with Gasteiger partial charge in [-0.2, -0.15) is 0 Å². The minimum absolute atomic E-state index is 0.172. The summed E-state index contributed by atoms with van der Waals surface area (Å²) in [5.41, 5.74) is 6.58. The zero-order valence-corrected chi connectivity index (χ0v) is 8.60. The summed E-state index contributed by atoms with van der Waals surface area (Å²) in [5.74, 6) is 0.782. The van der Waals surface area contributed by atoms with E-state index in [1.165, 1.54) is 38.5 Å². The fourth-order valence-electron chi connectivity index (χ4n) is 2.59. The maximum Gasteiger partial charge on any atom is 0.0180 e. The highest BCUT2D eigenvalue weighted by Gasteiger charge is 2.32. The smallest absolute Gasteiger partial charge is 0.0180 e. The molecule has 72 valence electrons. The molecule has 2 atom stereocenters. The fourth-order valence-corrected chi connectivity index (χ4v) is 2.59. The topological polar surface area (TPSA) is 26.0 Å². The summed E-state index contributed by atoms with van der Waals surface area (Å²) in [7, 11) is 0. The molecule has 1 rings (SSSR count). The van der Waals surface area contributed by atoms with E-state index in [1.807, 2.05) is 0 Å². The molecule has 1 fully saturated rings. The lowest BCUT2D eigenvalue weighted by Crippen LogP contribution is -2.45. The van der Waals surface area contributed by atoms with Crippen LogP contribution in [0.4, 0.5) is 0 Å². The van der Waals surface area contributed by atoms with Crippen molar-refractivity contribution in [1.82, 2.24) is 0 Å². The van der Waals surface area contributed by atoms with E-state index in [4.69, 9.17) is 5.73 Å². The maximum absolute atomic E-state index is 6.41. The molecule has 1 aliphatic carbocycles. The van der Waals surface area contributed by atoms with Crippen LogP contribution in [0.3, 0.4) is 0 Å². The Morgan fingerprint density at radius 2 is 2.00 bits per heavy atom. The minimum atomic E-state index is 0.172. The van der Waals surface area contributed by atoms with Crippen LogP contribution in [-0.4, -0.2) is 5.54 Å². The molecule has 0 aromatic heterocycles. The Balaban J connectivity index is 2.63. The molecule has 0 bridgehead atoms. The lowest BCUT2D eigenvalue weighted by atomic mass is 9.77. The molecule has 0 amide bonds. The normalized spacial score (nSPS) is 37.8. The van der Waals surface area contributed by atoms with Crippen LogP contribution in [0.1, 0.15) is 58.8 Å². The summed E-state index contributed by atoms with van der Waals surface area (Å²) in [5, 5.41) is 0. The van der Waals surface area contributed by atoms with Crippen molar-refractivity contribution in [1.29, 1.82) is 0 Å². The van der Waals surface area contributed by atoms with Gasteiger partial charge in [-0.3, -0.25) is 0 Å². The molecule has 0 heterocycles. The van der Waals surface area contributed by atoms with Crippen LogP contribution >= 0.6 is 0 Å². The molecule has 1 nitrogen and oxygen atoms in total. The molecule has 2 unspecified atom stereocenters. The van der Waals surface area contributed by atoms with Gasteiger partial charge in [0.2, 0.25) is 0 Å². The van der Waals surface area contributed by atoms with Crippen LogP contribution in [0.25, 0.3) is 0 Å². The highest BCUT2D eigenvalue weighted by atomic mass is 14.8. The van der Waals surface area contributed by atoms with E-state index in [9.17, 15) is 0 Å². The first-order chi connectivity index (χ1) is 5.73. The van der Waals surface area contributed by atoms with Gasteiger partial charge in [0.25, 0.3) is 0 Å². The van der Waals surface area contributed by atoms with Crippen molar-refractivity contribution in [2.75, 3.05) is 0 Å². The lowest BCUT2D eigenvalue weighted by Gasteiger charge is -2.35. The highest BCUT2D eigenvalue weighted by molar-refractivity contribution is 4.91. The van der Waals surface area contributed by atoms with Crippen molar-refractivity contribution < 1.29 is 0 Å². The van der Waals surface area contributed by atoms with Gasteiger partial charge in [-0.25, -0.2) is 0 Å². The van der Waals surface area contributed by atoms with Gasteiger partial charge in [0.1, 0.15) is 0 Å². The van der Waals surface area contributed by atoms with Crippen LogP contribution in [0.15, 0.2) is 0 Å². The summed E-state index contributed by atoms with van der Waals surface area (Å²) < 4.78 is 0. The number of rotatable bonds is 2. The number of hydrogen-bond acceptors (Lipinski definition) is 1. The molecule has 1 aliphatic rings. The lowest BCUT2D eigenvalue weighted by molar-refractivity contribution is 0.237. The number of hydrogen-bond donors (Lipinski definition) is 1. The monoisotopic (exact) mass is 169 g/mol. The summed E-state index contributed by atoms with van der Waals surface area (Å²) >= 11 is 0. The van der Waals surface area contributed by atoms with E-state index in [0.717, 1.165) is 12.3 Å². The molecule has 0 aromatic carbocycles. The first-order valence-corrected chi connectivity index (χ1v) is 5.52. The summed E-state index contributed by atoms with van der Waals surface area (Å²) in [6.45, 7) is 4.53. The van der Waals surface area contributed by atoms with Gasteiger partial charge in [0, 0.05) is 5.54 Å². The van der Waals surface area contributed by atoms with E-state index < -0.39 is 0 Å². The van der Waals surface area contributed by atoms with Crippen molar-refractivity contribution in [3.05, 3.63) is 0 Å².